The fourth-order valence-corrected chi connectivity index (χ4v) is 4.16. The number of likely N-dealkylation sites (N-methyl/N-ethyl adjacent to an activating group) is 1. The van der Waals surface area contributed by atoms with Gasteiger partial charge < -0.3 is 9.47 Å². The van der Waals surface area contributed by atoms with Gasteiger partial charge in [-0.1, -0.05) is 59.9 Å². The first kappa shape index (κ1) is 19.5. The van der Waals surface area contributed by atoms with Crippen LogP contribution in [0.4, 0.5) is 0 Å². The molecule has 0 unspecified atom stereocenters. The van der Waals surface area contributed by atoms with E-state index in [1.54, 1.807) is 12.0 Å². The minimum Gasteiger partial charge on any atom is -0.493 e. The maximum atomic E-state index is 12.4. The van der Waals surface area contributed by atoms with Crippen LogP contribution in [0.25, 0.3) is 6.08 Å². The van der Waals surface area contributed by atoms with Crippen molar-refractivity contribution < 1.29 is 14.3 Å². The summed E-state index contributed by atoms with van der Waals surface area (Å²) in [7, 11) is 1.61. The third kappa shape index (κ3) is 4.51. The smallest absolute Gasteiger partial charge is 0.266 e. The van der Waals surface area contributed by atoms with Crippen LogP contribution in [0.3, 0.4) is 0 Å². The Balaban J connectivity index is 1.77. The molecule has 4 nitrogen and oxygen atoms in total. The first-order valence-electron chi connectivity index (χ1n) is 8.63. The Morgan fingerprint density at radius 2 is 2.00 bits per heavy atom. The quantitative estimate of drug-likeness (QED) is 0.515. The molecule has 0 aromatic heterocycles. The van der Waals surface area contributed by atoms with Crippen molar-refractivity contribution in [3.05, 3.63) is 64.1 Å². The van der Waals surface area contributed by atoms with Crippen LogP contribution in [0.15, 0.2) is 47.4 Å². The summed E-state index contributed by atoms with van der Waals surface area (Å²) in [6, 6.07) is 13.8. The molecular formula is C21H21NO3S2. The molecule has 0 atom stereocenters. The van der Waals surface area contributed by atoms with Crippen LogP contribution in [0.5, 0.6) is 11.5 Å². The molecule has 2 aromatic rings. The van der Waals surface area contributed by atoms with Crippen LogP contribution in [0.1, 0.15) is 23.6 Å². The van der Waals surface area contributed by atoms with E-state index in [2.05, 4.69) is 19.1 Å². The molecule has 1 saturated heterocycles. The zero-order chi connectivity index (χ0) is 19.4. The molecule has 3 rings (SSSR count). The van der Waals surface area contributed by atoms with Crippen molar-refractivity contribution in [1.29, 1.82) is 0 Å². The lowest BCUT2D eigenvalue weighted by molar-refractivity contribution is -0.121. The number of amides is 1. The number of nitrogens with zero attached hydrogens (tertiary/aromatic N) is 1. The number of thioether (sulfide) groups is 1. The van der Waals surface area contributed by atoms with Crippen molar-refractivity contribution in [1.82, 2.24) is 4.90 Å². The monoisotopic (exact) mass is 399 g/mol. The average molecular weight is 400 g/mol. The van der Waals surface area contributed by atoms with Crippen LogP contribution in [-0.2, 0) is 11.4 Å². The second kappa shape index (κ2) is 8.59. The molecule has 0 radical (unpaired) electrons. The van der Waals surface area contributed by atoms with Gasteiger partial charge in [0.1, 0.15) is 10.9 Å². The highest BCUT2D eigenvalue weighted by molar-refractivity contribution is 8.26. The number of ether oxygens (including phenoxy) is 2. The van der Waals surface area contributed by atoms with E-state index < -0.39 is 0 Å². The molecule has 0 saturated carbocycles. The first-order valence-corrected chi connectivity index (χ1v) is 9.86. The lowest BCUT2D eigenvalue weighted by Crippen LogP contribution is -2.27. The number of hydrogen-bond donors (Lipinski definition) is 0. The van der Waals surface area contributed by atoms with E-state index >= 15 is 0 Å². The van der Waals surface area contributed by atoms with Crippen LogP contribution < -0.4 is 9.47 Å². The van der Waals surface area contributed by atoms with Gasteiger partial charge in [0, 0.05) is 6.54 Å². The van der Waals surface area contributed by atoms with Gasteiger partial charge >= 0.3 is 0 Å². The van der Waals surface area contributed by atoms with Gasteiger partial charge in [0.2, 0.25) is 0 Å². The largest absolute Gasteiger partial charge is 0.493 e. The molecule has 1 aliphatic rings. The Bertz CT molecular complexity index is 908. The van der Waals surface area contributed by atoms with Gasteiger partial charge in [0.25, 0.3) is 5.91 Å². The first-order chi connectivity index (χ1) is 13.0. The van der Waals surface area contributed by atoms with Crippen molar-refractivity contribution in [3.63, 3.8) is 0 Å². The van der Waals surface area contributed by atoms with Gasteiger partial charge in [-0.2, -0.15) is 0 Å². The predicted octanol–water partition coefficient (Wildman–Crippen LogP) is 4.80. The molecule has 1 fully saturated rings. The highest BCUT2D eigenvalue weighted by Gasteiger charge is 2.30. The zero-order valence-corrected chi connectivity index (χ0v) is 17.2. The van der Waals surface area contributed by atoms with E-state index in [-0.39, 0.29) is 5.91 Å². The standard InChI is InChI=1S/C21H21NO3S2/c1-4-22-20(23)19(27-21(22)26)12-15-8-9-17(18(11-15)24-3)25-13-16-7-5-6-14(2)10-16/h5-12H,4,13H2,1-3H3/b19-12+. The van der Waals surface area contributed by atoms with Gasteiger partial charge in [0.15, 0.2) is 11.5 Å². The Morgan fingerprint density at radius 3 is 2.67 bits per heavy atom. The third-order valence-electron chi connectivity index (χ3n) is 4.15. The van der Waals surface area contributed by atoms with E-state index in [0.29, 0.717) is 33.9 Å². The van der Waals surface area contributed by atoms with E-state index in [1.807, 2.05) is 43.3 Å². The van der Waals surface area contributed by atoms with Crippen molar-refractivity contribution in [2.24, 2.45) is 0 Å². The van der Waals surface area contributed by atoms with Crippen molar-refractivity contribution >= 4 is 40.3 Å². The number of hydrogen-bond acceptors (Lipinski definition) is 5. The average Bonchev–Trinajstić information content (AvgIpc) is 2.93. The van der Waals surface area contributed by atoms with Crippen molar-refractivity contribution in [2.75, 3.05) is 13.7 Å². The Hall–Kier alpha value is -2.31. The second-order valence-electron chi connectivity index (χ2n) is 6.11. The third-order valence-corrected chi connectivity index (χ3v) is 5.53. The topological polar surface area (TPSA) is 38.8 Å². The van der Waals surface area contributed by atoms with Gasteiger partial charge in [-0.05, 0) is 43.2 Å². The van der Waals surface area contributed by atoms with E-state index in [9.17, 15) is 4.79 Å². The normalized spacial score (nSPS) is 15.5. The number of rotatable bonds is 6. The number of carbonyl (C=O) groups is 1. The molecule has 6 heteroatoms. The van der Waals surface area contributed by atoms with Gasteiger partial charge in [-0.15, -0.1) is 0 Å². The SMILES string of the molecule is CCN1C(=O)/C(=C\c2ccc(OCc3cccc(C)c3)c(OC)c2)SC1=S. The molecule has 0 aliphatic carbocycles. The number of carbonyl (C=O) groups excluding carboxylic acids is 1. The minimum absolute atomic E-state index is 0.0498. The minimum atomic E-state index is -0.0498. The summed E-state index contributed by atoms with van der Waals surface area (Å²) in [6.45, 7) is 5.01. The molecule has 0 spiro atoms. The maximum absolute atomic E-state index is 12.4. The van der Waals surface area contributed by atoms with E-state index in [4.69, 9.17) is 21.7 Å². The van der Waals surface area contributed by atoms with Crippen LogP contribution in [0, 0.1) is 6.92 Å². The van der Waals surface area contributed by atoms with E-state index in [1.165, 1.54) is 17.3 Å². The summed E-state index contributed by atoms with van der Waals surface area (Å²) in [5, 5.41) is 0. The molecule has 1 heterocycles. The molecule has 27 heavy (non-hydrogen) atoms. The molecule has 2 aromatic carbocycles. The number of thiocarbonyl (C=S) groups is 1. The number of methoxy groups -OCH3 is 1. The van der Waals surface area contributed by atoms with Crippen LogP contribution >= 0.6 is 24.0 Å². The highest BCUT2D eigenvalue weighted by atomic mass is 32.2. The summed E-state index contributed by atoms with van der Waals surface area (Å²) in [4.78, 5) is 14.6. The molecule has 140 valence electrons. The van der Waals surface area contributed by atoms with Gasteiger partial charge in [-0.25, -0.2) is 0 Å². The zero-order valence-electron chi connectivity index (χ0n) is 15.5. The van der Waals surface area contributed by atoms with Crippen LogP contribution in [0.2, 0.25) is 0 Å². The molecular weight excluding hydrogens is 378 g/mol. The highest BCUT2D eigenvalue weighted by Crippen LogP contribution is 2.34. The lowest BCUT2D eigenvalue weighted by atomic mass is 10.1. The van der Waals surface area contributed by atoms with Crippen molar-refractivity contribution in [3.8, 4) is 11.5 Å². The summed E-state index contributed by atoms with van der Waals surface area (Å²) < 4.78 is 12.0. The van der Waals surface area contributed by atoms with E-state index in [0.717, 1.165) is 11.1 Å². The van der Waals surface area contributed by atoms with Gasteiger partial charge in [-0.3, -0.25) is 9.69 Å². The molecule has 1 aliphatic heterocycles. The van der Waals surface area contributed by atoms with Crippen molar-refractivity contribution in [2.45, 2.75) is 20.5 Å². The fraction of sp³-hybridized carbons (Fsp3) is 0.238. The summed E-state index contributed by atoms with van der Waals surface area (Å²) in [5.74, 6) is 1.24. The molecule has 0 bridgehead atoms. The van der Waals surface area contributed by atoms with Crippen LogP contribution in [-0.4, -0.2) is 28.8 Å². The lowest BCUT2D eigenvalue weighted by Gasteiger charge is -2.12. The number of aryl methyl sites for hydroxylation is 1. The van der Waals surface area contributed by atoms with Gasteiger partial charge in [0.05, 0.1) is 12.0 Å². The Kier molecular flexibility index (Phi) is 6.19. The number of benzene rings is 2. The predicted molar refractivity (Wildman–Crippen MR) is 114 cm³/mol. The molecule has 1 amide bonds. The summed E-state index contributed by atoms with van der Waals surface area (Å²) >= 11 is 6.58. The maximum Gasteiger partial charge on any atom is 0.266 e. The summed E-state index contributed by atoms with van der Waals surface area (Å²) in [5.41, 5.74) is 3.17. The molecule has 0 N–H and O–H groups in total. The summed E-state index contributed by atoms with van der Waals surface area (Å²) in [6.07, 6.45) is 1.84. The fourth-order valence-electron chi connectivity index (χ4n) is 2.78. The Labute approximate surface area is 169 Å². The second-order valence-corrected chi connectivity index (χ2v) is 7.79. The Morgan fingerprint density at radius 1 is 1.19 bits per heavy atom.